The summed E-state index contributed by atoms with van der Waals surface area (Å²) in [6, 6.07) is 6.75. The topological polar surface area (TPSA) is 102 Å². The monoisotopic (exact) mass is 350 g/mol. The van der Waals surface area contributed by atoms with Crippen LogP contribution >= 0.6 is 0 Å². The molecule has 2 N–H and O–H groups in total. The minimum Gasteiger partial charge on any atom is -0.482 e. The van der Waals surface area contributed by atoms with Crippen LogP contribution in [0.25, 0.3) is 0 Å². The van der Waals surface area contributed by atoms with Crippen molar-refractivity contribution >= 4 is 19.1 Å². The average Bonchev–Trinajstić information content (AvgIpc) is 2.71. The molecule has 0 bridgehead atoms. The maximum absolute atomic E-state index is 11.4. The Morgan fingerprint density at radius 2 is 1.64 bits per heavy atom. The number of aliphatic carboxylic acids is 2. The highest BCUT2D eigenvalue weighted by molar-refractivity contribution is 6.48. The highest BCUT2D eigenvalue weighted by atomic mass is 16.7. The Morgan fingerprint density at radius 1 is 1.08 bits per heavy atom. The van der Waals surface area contributed by atoms with Gasteiger partial charge in [0.05, 0.1) is 17.6 Å². The van der Waals surface area contributed by atoms with Crippen molar-refractivity contribution in [3.63, 3.8) is 0 Å². The zero-order valence-corrected chi connectivity index (χ0v) is 14.8. The molecule has 1 saturated heterocycles. The molecule has 1 unspecified atom stereocenters. The van der Waals surface area contributed by atoms with Crippen molar-refractivity contribution < 1.29 is 33.8 Å². The first-order valence-corrected chi connectivity index (χ1v) is 8.04. The van der Waals surface area contributed by atoms with Crippen LogP contribution in [0.1, 0.15) is 45.5 Å². The van der Waals surface area contributed by atoms with Crippen molar-refractivity contribution in [2.75, 3.05) is 6.61 Å². The van der Waals surface area contributed by atoms with Crippen molar-refractivity contribution in [3.8, 4) is 5.75 Å². The van der Waals surface area contributed by atoms with Crippen LogP contribution in [0.15, 0.2) is 24.3 Å². The van der Waals surface area contributed by atoms with Gasteiger partial charge in [-0.1, -0.05) is 18.2 Å². The first-order chi connectivity index (χ1) is 11.5. The van der Waals surface area contributed by atoms with E-state index in [-0.39, 0.29) is 6.42 Å². The van der Waals surface area contributed by atoms with Gasteiger partial charge in [-0.15, -0.1) is 0 Å². The normalized spacial score (nSPS) is 19.4. The summed E-state index contributed by atoms with van der Waals surface area (Å²) in [5.41, 5.74) is -0.666. The van der Waals surface area contributed by atoms with Crippen LogP contribution in [-0.4, -0.2) is 47.1 Å². The summed E-state index contributed by atoms with van der Waals surface area (Å²) in [7, 11) is -0.782. The number of carbonyl (C=O) groups is 2. The third-order valence-electron chi connectivity index (χ3n) is 4.66. The van der Waals surface area contributed by atoms with E-state index >= 15 is 0 Å². The standard InChI is InChI=1S/C17H23BO7/c1-16(2)17(3,4)25-18(24-16)12(9-14(19)20)11-7-5-6-8-13(11)23-10-15(21)22/h5-8,12H,9-10H2,1-4H3,(H,19,20)(H,21,22). The van der Waals surface area contributed by atoms with Crippen LogP contribution < -0.4 is 4.74 Å². The minimum atomic E-state index is -1.11. The Hall–Kier alpha value is -2.06. The van der Waals surface area contributed by atoms with E-state index in [2.05, 4.69) is 0 Å². The molecule has 1 heterocycles. The number of ether oxygens (including phenoxy) is 1. The molecule has 0 spiro atoms. The molecule has 1 atom stereocenters. The van der Waals surface area contributed by atoms with Crippen molar-refractivity contribution in [1.82, 2.24) is 0 Å². The van der Waals surface area contributed by atoms with Crippen molar-refractivity contribution in [3.05, 3.63) is 29.8 Å². The van der Waals surface area contributed by atoms with E-state index in [1.165, 1.54) is 0 Å². The Labute approximate surface area is 147 Å². The molecule has 1 aromatic carbocycles. The minimum absolute atomic E-state index is 0.232. The van der Waals surface area contributed by atoms with E-state index in [1.54, 1.807) is 24.3 Å². The predicted molar refractivity (Wildman–Crippen MR) is 90.6 cm³/mol. The second-order valence-electron chi connectivity index (χ2n) is 7.05. The van der Waals surface area contributed by atoms with E-state index in [0.717, 1.165) is 0 Å². The second-order valence-corrected chi connectivity index (χ2v) is 7.05. The van der Waals surface area contributed by atoms with Crippen molar-refractivity contribution in [1.29, 1.82) is 0 Å². The van der Waals surface area contributed by atoms with Crippen LogP contribution in [0.5, 0.6) is 5.75 Å². The zero-order chi connectivity index (χ0) is 18.8. The van der Waals surface area contributed by atoms with Crippen molar-refractivity contribution in [2.45, 2.75) is 51.1 Å². The molecule has 0 amide bonds. The quantitative estimate of drug-likeness (QED) is 0.728. The van der Waals surface area contributed by atoms with Crippen LogP contribution in [0.2, 0.25) is 0 Å². The second kappa shape index (κ2) is 7.05. The lowest BCUT2D eigenvalue weighted by Gasteiger charge is -2.32. The molecule has 8 heteroatoms. The number of para-hydroxylation sites is 1. The number of carboxylic acid groups (broad SMARTS) is 2. The molecular formula is C17H23BO7. The Bertz CT molecular complexity index is 640. The van der Waals surface area contributed by atoms with Crippen molar-refractivity contribution in [2.24, 2.45) is 0 Å². The molecule has 0 aromatic heterocycles. The van der Waals surface area contributed by atoms with Crippen LogP contribution in [0.3, 0.4) is 0 Å². The van der Waals surface area contributed by atoms with Gasteiger partial charge in [-0.05, 0) is 39.3 Å². The number of carboxylic acids is 2. The van der Waals surface area contributed by atoms with Crippen LogP contribution in [0, 0.1) is 0 Å². The SMILES string of the molecule is CC1(C)OB(C(CC(=O)O)c2ccccc2OCC(=O)O)OC1(C)C. The first kappa shape index (κ1) is 19.3. The van der Waals surface area contributed by atoms with Gasteiger partial charge >= 0.3 is 19.1 Å². The molecule has 0 saturated carbocycles. The largest absolute Gasteiger partial charge is 0.482 e. The summed E-state index contributed by atoms with van der Waals surface area (Å²) in [5.74, 6) is -2.44. The third-order valence-corrected chi connectivity index (χ3v) is 4.66. The zero-order valence-electron chi connectivity index (χ0n) is 14.8. The summed E-state index contributed by atoms with van der Waals surface area (Å²) in [6.07, 6.45) is -0.232. The van der Waals surface area contributed by atoms with Crippen LogP contribution in [-0.2, 0) is 18.9 Å². The van der Waals surface area contributed by atoms with E-state index in [0.29, 0.717) is 11.3 Å². The molecular weight excluding hydrogens is 327 g/mol. The van der Waals surface area contributed by atoms with Gasteiger partial charge in [0.15, 0.2) is 6.61 Å². The number of rotatable bonds is 7. The smallest absolute Gasteiger partial charge is 0.466 e. The Balaban J connectivity index is 2.36. The third kappa shape index (κ3) is 4.32. The summed E-state index contributed by atoms with van der Waals surface area (Å²) in [5, 5.41) is 18.2. The fraction of sp³-hybridized carbons (Fsp3) is 0.529. The maximum atomic E-state index is 11.4. The van der Waals surface area contributed by atoms with Gasteiger partial charge in [0.1, 0.15) is 5.75 Å². The summed E-state index contributed by atoms with van der Waals surface area (Å²) in [4.78, 5) is 22.2. The molecule has 25 heavy (non-hydrogen) atoms. The molecule has 1 aliphatic heterocycles. The van der Waals surface area contributed by atoms with E-state index < -0.39 is 42.7 Å². The highest BCUT2D eigenvalue weighted by Gasteiger charge is 2.54. The molecule has 1 aromatic rings. The number of benzene rings is 1. The maximum Gasteiger partial charge on any atom is 0.466 e. The van der Waals surface area contributed by atoms with Gasteiger partial charge in [-0.3, -0.25) is 4.79 Å². The summed E-state index contributed by atoms with van der Waals surface area (Å²) in [6.45, 7) is 7.03. The van der Waals surface area contributed by atoms with E-state index in [1.807, 2.05) is 27.7 Å². The molecule has 0 radical (unpaired) electrons. The molecule has 1 fully saturated rings. The van der Waals surface area contributed by atoms with Gasteiger partial charge in [0, 0.05) is 5.82 Å². The molecule has 136 valence electrons. The Morgan fingerprint density at radius 3 is 2.16 bits per heavy atom. The lowest BCUT2D eigenvalue weighted by Crippen LogP contribution is -2.41. The van der Waals surface area contributed by atoms with Crippen LogP contribution in [0.4, 0.5) is 0 Å². The van der Waals surface area contributed by atoms with Gasteiger partial charge in [-0.25, -0.2) is 4.79 Å². The Kier molecular flexibility index (Phi) is 5.44. The van der Waals surface area contributed by atoms with E-state index in [9.17, 15) is 14.7 Å². The average molecular weight is 350 g/mol. The number of hydrogen-bond donors (Lipinski definition) is 2. The molecule has 2 rings (SSSR count). The predicted octanol–water partition coefficient (Wildman–Crippen LogP) is 2.34. The lowest BCUT2D eigenvalue weighted by atomic mass is 9.66. The first-order valence-electron chi connectivity index (χ1n) is 8.04. The summed E-state index contributed by atoms with van der Waals surface area (Å²) >= 11 is 0. The number of hydrogen-bond acceptors (Lipinski definition) is 5. The molecule has 1 aliphatic rings. The fourth-order valence-electron chi connectivity index (χ4n) is 2.65. The van der Waals surface area contributed by atoms with Gasteiger partial charge < -0.3 is 24.3 Å². The summed E-state index contributed by atoms with van der Waals surface area (Å²) < 4.78 is 17.3. The molecule has 7 nitrogen and oxygen atoms in total. The van der Waals surface area contributed by atoms with Gasteiger partial charge in [0.25, 0.3) is 0 Å². The lowest BCUT2D eigenvalue weighted by molar-refractivity contribution is -0.139. The fourth-order valence-corrected chi connectivity index (χ4v) is 2.65. The van der Waals surface area contributed by atoms with E-state index in [4.69, 9.17) is 19.2 Å². The van der Waals surface area contributed by atoms with Gasteiger partial charge in [0.2, 0.25) is 0 Å². The molecule has 0 aliphatic carbocycles. The highest BCUT2D eigenvalue weighted by Crippen LogP contribution is 2.43. The van der Waals surface area contributed by atoms with Gasteiger partial charge in [-0.2, -0.15) is 0 Å².